The SMILES string of the molecule is O=Cc1nn(C2CCCC2)c2c1CCOC2. The summed E-state index contributed by atoms with van der Waals surface area (Å²) < 4.78 is 7.54. The molecule has 4 heteroatoms. The topological polar surface area (TPSA) is 44.1 Å². The van der Waals surface area contributed by atoms with Gasteiger partial charge in [0.1, 0.15) is 5.69 Å². The van der Waals surface area contributed by atoms with Gasteiger partial charge in [0.05, 0.1) is 24.9 Å². The number of aldehydes is 1. The van der Waals surface area contributed by atoms with Crippen LogP contribution < -0.4 is 0 Å². The van der Waals surface area contributed by atoms with Crippen molar-refractivity contribution in [2.75, 3.05) is 6.61 Å². The largest absolute Gasteiger partial charge is 0.375 e. The number of rotatable bonds is 2. The highest BCUT2D eigenvalue weighted by atomic mass is 16.5. The molecule has 2 heterocycles. The fourth-order valence-corrected chi connectivity index (χ4v) is 2.84. The number of ether oxygens (including phenoxy) is 1. The second-order valence-electron chi connectivity index (χ2n) is 4.61. The quantitative estimate of drug-likeness (QED) is 0.715. The van der Waals surface area contributed by atoms with Crippen LogP contribution in [0.3, 0.4) is 0 Å². The zero-order valence-electron chi connectivity index (χ0n) is 9.32. The Bertz CT molecular complexity index is 405. The van der Waals surface area contributed by atoms with E-state index >= 15 is 0 Å². The first-order valence-electron chi connectivity index (χ1n) is 6.03. The lowest BCUT2D eigenvalue weighted by Crippen LogP contribution is -2.16. The van der Waals surface area contributed by atoms with Crippen molar-refractivity contribution in [1.82, 2.24) is 9.78 Å². The van der Waals surface area contributed by atoms with Crippen LogP contribution in [-0.4, -0.2) is 22.7 Å². The maximum atomic E-state index is 11.0. The van der Waals surface area contributed by atoms with Crippen LogP contribution in [0.4, 0.5) is 0 Å². The number of aromatic nitrogens is 2. The highest BCUT2D eigenvalue weighted by molar-refractivity contribution is 5.74. The van der Waals surface area contributed by atoms with E-state index in [2.05, 4.69) is 9.78 Å². The standard InChI is InChI=1S/C12H16N2O2/c15-7-11-10-5-6-16-8-12(10)14(13-11)9-3-1-2-4-9/h7,9H,1-6,8H2. The fraction of sp³-hybridized carbons (Fsp3) is 0.667. The van der Waals surface area contributed by atoms with Crippen LogP contribution in [0.1, 0.15) is 53.5 Å². The van der Waals surface area contributed by atoms with Crippen LogP contribution in [0.15, 0.2) is 0 Å². The first-order chi connectivity index (χ1) is 7.90. The van der Waals surface area contributed by atoms with Gasteiger partial charge in [-0.05, 0) is 19.3 Å². The molecule has 1 saturated carbocycles. The zero-order valence-corrected chi connectivity index (χ0v) is 9.32. The van der Waals surface area contributed by atoms with Crippen LogP contribution in [0.5, 0.6) is 0 Å². The molecule has 3 rings (SSSR count). The molecule has 86 valence electrons. The minimum atomic E-state index is 0.490. The third-order valence-electron chi connectivity index (χ3n) is 3.67. The van der Waals surface area contributed by atoms with Crippen LogP contribution in [0.2, 0.25) is 0 Å². The van der Waals surface area contributed by atoms with E-state index in [1.807, 2.05) is 0 Å². The van der Waals surface area contributed by atoms with Gasteiger partial charge in [0, 0.05) is 5.56 Å². The summed E-state index contributed by atoms with van der Waals surface area (Å²) in [4.78, 5) is 11.0. The molecule has 0 bridgehead atoms. The third-order valence-corrected chi connectivity index (χ3v) is 3.67. The smallest absolute Gasteiger partial charge is 0.170 e. The number of hydrogen-bond acceptors (Lipinski definition) is 3. The molecule has 1 aromatic rings. The maximum absolute atomic E-state index is 11.0. The van der Waals surface area contributed by atoms with Gasteiger partial charge in [-0.1, -0.05) is 12.8 Å². The second-order valence-corrected chi connectivity index (χ2v) is 4.61. The van der Waals surface area contributed by atoms with Gasteiger partial charge in [0.2, 0.25) is 0 Å². The summed E-state index contributed by atoms with van der Waals surface area (Å²) in [7, 11) is 0. The molecule has 0 saturated heterocycles. The number of fused-ring (bicyclic) bond motifs is 1. The molecule has 0 amide bonds. The molecule has 0 atom stereocenters. The molecule has 16 heavy (non-hydrogen) atoms. The maximum Gasteiger partial charge on any atom is 0.170 e. The summed E-state index contributed by atoms with van der Waals surface area (Å²) in [6, 6.07) is 0.490. The monoisotopic (exact) mass is 220 g/mol. The molecule has 1 aliphatic carbocycles. The van der Waals surface area contributed by atoms with Gasteiger partial charge in [-0.25, -0.2) is 0 Å². The summed E-state index contributed by atoms with van der Waals surface area (Å²) in [5.41, 5.74) is 2.89. The summed E-state index contributed by atoms with van der Waals surface area (Å²) in [5.74, 6) is 0. The lowest BCUT2D eigenvalue weighted by molar-refractivity contribution is 0.102. The Hall–Kier alpha value is -1.16. The molecule has 2 aliphatic rings. The van der Waals surface area contributed by atoms with Crippen LogP contribution in [-0.2, 0) is 17.8 Å². The number of nitrogens with zero attached hydrogens (tertiary/aromatic N) is 2. The minimum absolute atomic E-state index is 0.490. The molecule has 0 radical (unpaired) electrons. The average molecular weight is 220 g/mol. The molecule has 0 spiro atoms. The van der Waals surface area contributed by atoms with Crippen molar-refractivity contribution < 1.29 is 9.53 Å². The van der Waals surface area contributed by atoms with Gasteiger partial charge in [0.25, 0.3) is 0 Å². The molecule has 1 aliphatic heterocycles. The lowest BCUT2D eigenvalue weighted by Gasteiger charge is -2.18. The minimum Gasteiger partial charge on any atom is -0.375 e. The predicted molar refractivity (Wildman–Crippen MR) is 58.5 cm³/mol. The molecule has 1 fully saturated rings. The molecule has 1 aromatic heterocycles. The summed E-state index contributed by atoms with van der Waals surface area (Å²) in [5, 5.41) is 4.46. The normalized spacial score (nSPS) is 21.0. The first-order valence-corrected chi connectivity index (χ1v) is 6.03. The van der Waals surface area contributed by atoms with Gasteiger partial charge in [-0.15, -0.1) is 0 Å². The average Bonchev–Trinajstić information content (AvgIpc) is 2.95. The molecular weight excluding hydrogens is 204 g/mol. The fourth-order valence-electron chi connectivity index (χ4n) is 2.84. The van der Waals surface area contributed by atoms with Gasteiger partial charge in [-0.2, -0.15) is 5.10 Å². The van der Waals surface area contributed by atoms with Crippen molar-refractivity contribution in [3.05, 3.63) is 17.0 Å². The molecule has 0 unspecified atom stereocenters. The molecule has 0 aromatic carbocycles. The number of hydrogen-bond donors (Lipinski definition) is 0. The van der Waals surface area contributed by atoms with Crippen molar-refractivity contribution >= 4 is 6.29 Å². The van der Waals surface area contributed by atoms with E-state index in [0.29, 0.717) is 24.9 Å². The summed E-state index contributed by atoms with van der Waals surface area (Å²) in [6.45, 7) is 1.33. The van der Waals surface area contributed by atoms with Crippen molar-refractivity contribution in [3.63, 3.8) is 0 Å². The highest BCUT2D eigenvalue weighted by Gasteiger charge is 2.26. The van der Waals surface area contributed by atoms with Crippen molar-refractivity contribution in [1.29, 1.82) is 0 Å². The van der Waals surface area contributed by atoms with Gasteiger partial charge < -0.3 is 4.74 Å². The molecular formula is C12H16N2O2. The predicted octanol–water partition coefficient (Wildman–Crippen LogP) is 1.88. The Morgan fingerprint density at radius 1 is 1.38 bits per heavy atom. The number of carbonyl (C=O) groups is 1. The van der Waals surface area contributed by atoms with E-state index in [4.69, 9.17) is 4.74 Å². The van der Waals surface area contributed by atoms with E-state index in [-0.39, 0.29) is 0 Å². The highest BCUT2D eigenvalue weighted by Crippen LogP contribution is 2.32. The van der Waals surface area contributed by atoms with E-state index in [9.17, 15) is 4.79 Å². The second kappa shape index (κ2) is 4.01. The van der Waals surface area contributed by atoms with E-state index in [0.717, 1.165) is 24.0 Å². The third kappa shape index (κ3) is 1.48. The van der Waals surface area contributed by atoms with Gasteiger partial charge in [0.15, 0.2) is 6.29 Å². The van der Waals surface area contributed by atoms with Crippen LogP contribution >= 0.6 is 0 Å². The molecule has 0 N–H and O–H groups in total. The van der Waals surface area contributed by atoms with E-state index in [1.165, 1.54) is 25.7 Å². The summed E-state index contributed by atoms with van der Waals surface area (Å²) in [6.07, 6.45) is 6.64. The van der Waals surface area contributed by atoms with Crippen LogP contribution in [0, 0.1) is 0 Å². The Balaban J connectivity index is 2.03. The van der Waals surface area contributed by atoms with E-state index < -0.39 is 0 Å². The van der Waals surface area contributed by atoms with Crippen molar-refractivity contribution in [2.45, 2.75) is 44.8 Å². The Morgan fingerprint density at radius 3 is 2.94 bits per heavy atom. The van der Waals surface area contributed by atoms with E-state index in [1.54, 1.807) is 0 Å². The Kier molecular flexibility index (Phi) is 2.52. The lowest BCUT2D eigenvalue weighted by atomic mass is 10.1. The van der Waals surface area contributed by atoms with Crippen molar-refractivity contribution in [3.8, 4) is 0 Å². The Labute approximate surface area is 94.6 Å². The molecule has 4 nitrogen and oxygen atoms in total. The zero-order chi connectivity index (χ0) is 11.0. The first kappa shape index (κ1) is 10.0. The van der Waals surface area contributed by atoms with Gasteiger partial charge in [-0.3, -0.25) is 9.48 Å². The number of carbonyl (C=O) groups excluding carboxylic acids is 1. The Morgan fingerprint density at radius 2 is 2.19 bits per heavy atom. The summed E-state index contributed by atoms with van der Waals surface area (Å²) >= 11 is 0. The van der Waals surface area contributed by atoms with Crippen molar-refractivity contribution in [2.24, 2.45) is 0 Å². The van der Waals surface area contributed by atoms with Crippen LogP contribution in [0.25, 0.3) is 0 Å². The van der Waals surface area contributed by atoms with Gasteiger partial charge >= 0.3 is 0 Å².